The zero-order valence-electron chi connectivity index (χ0n) is 7.75. The molecule has 3 nitrogen and oxygen atoms in total. The van der Waals surface area contributed by atoms with Gasteiger partial charge in [0.25, 0.3) is 0 Å². The van der Waals surface area contributed by atoms with Crippen LogP contribution >= 0.6 is 0 Å². The average Bonchev–Trinajstić information content (AvgIpc) is 2.17. The summed E-state index contributed by atoms with van der Waals surface area (Å²) in [7, 11) is 0. The minimum atomic E-state index is 0.500. The Hall–Kier alpha value is -0.120. The summed E-state index contributed by atoms with van der Waals surface area (Å²) < 4.78 is 5.73. The zero-order valence-corrected chi connectivity index (χ0v) is 7.75. The van der Waals surface area contributed by atoms with E-state index in [4.69, 9.17) is 4.74 Å². The molecule has 0 saturated carbocycles. The number of morpholine rings is 1. The number of hydrogen-bond acceptors (Lipinski definition) is 3. The number of likely N-dealkylation sites (N-methyl/N-ethyl adjacent to an activating group) is 1. The van der Waals surface area contributed by atoms with Crippen molar-refractivity contribution in [2.75, 3.05) is 32.8 Å². The van der Waals surface area contributed by atoms with Crippen LogP contribution in [-0.4, -0.2) is 49.8 Å². The molecule has 0 bridgehead atoms. The van der Waals surface area contributed by atoms with Crippen LogP contribution in [0.15, 0.2) is 0 Å². The van der Waals surface area contributed by atoms with Crippen LogP contribution in [0, 0.1) is 0 Å². The highest BCUT2D eigenvalue weighted by molar-refractivity contribution is 4.88. The van der Waals surface area contributed by atoms with E-state index < -0.39 is 0 Å². The summed E-state index contributed by atoms with van der Waals surface area (Å²) in [4.78, 5) is 2.53. The van der Waals surface area contributed by atoms with Gasteiger partial charge in [0, 0.05) is 19.1 Å². The van der Waals surface area contributed by atoms with Crippen LogP contribution in [0.3, 0.4) is 0 Å². The first kappa shape index (κ1) is 8.48. The first-order chi connectivity index (χ1) is 5.92. The second kappa shape index (κ2) is 3.73. The van der Waals surface area contributed by atoms with Crippen LogP contribution < -0.4 is 5.32 Å². The van der Waals surface area contributed by atoms with Crippen molar-refractivity contribution in [1.82, 2.24) is 10.2 Å². The molecule has 0 radical (unpaired) electrons. The molecule has 12 heavy (non-hydrogen) atoms. The number of fused-ring (bicyclic) bond motifs is 1. The Kier molecular flexibility index (Phi) is 2.63. The van der Waals surface area contributed by atoms with Crippen LogP contribution in [0.25, 0.3) is 0 Å². The molecule has 2 rings (SSSR count). The van der Waals surface area contributed by atoms with Gasteiger partial charge in [0.15, 0.2) is 0 Å². The minimum Gasteiger partial charge on any atom is -0.375 e. The SMILES string of the molecule is CCN1CCOC2CCNCC21. The molecule has 0 spiro atoms. The third-order valence-corrected chi connectivity index (χ3v) is 2.97. The van der Waals surface area contributed by atoms with E-state index in [0.717, 1.165) is 32.8 Å². The van der Waals surface area contributed by atoms with Gasteiger partial charge in [-0.15, -0.1) is 0 Å². The Morgan fingerprint density at radius 3 is 3.33 bits per heavy atom. The summed E-state index contributed by atoms with van der Waals surface area (Å²) in [6, 6.07) is 0.637. The van der Waals surface area contributed by atoms with E-state index >= 15 is 0 Å². The second-order valence-electron chi connectivity index (χ2n) is 3.60. The molecule has 2 aliphatic rings. The second-order valence-corrected chi connectivity index (χ2v) is 3.60. The predicted octanol–water partition coefficient (Wildman–Crippen LogP) is 0.0690. The molecule has 2 atom stereocenters. The molecule has 2 aliphatic heterocycles. The number of nitrogens with zero attached hydrogens (tertiary/aromatic N) is 1. The molecule has 3 heteroatoms. The summed E-state index contributed by atoms with van der Waals surface area (Å²) in [6.07, 6.45) is 1.68. The molecule has 2 heterocycles. The Bertz CT molecular complexity index is 143. The largest absolute Gasteiger partial charge is 0.375 e. The smallest absolute Gasteiger partial charge is 0.0755 e. The van der Waals surface area contributed by atoms with Gasteiger partial charge in [-0.05, 0) is 19.5 Å². The summed E-state index contributed by atoms with van der Waals surface area (Å²) in [5.74, 6) is 0. The molecule has 2 fully saturated rings. The zero-order chi connectivity index (χ0) is 8.39. The fourth-order valence-corrected chi connectivity index (χ4v) is 2.26. The van der Waals surface area contributed by atoms with E-state index in [2.05, 4.69) is 17.1 Å². The standard InChI is InChI=1S/C9H18N2O/c1-2-11-5-6-12-9-3-4-10-7-8(9)11/h8-10H,2-7H2,1H3. The van der Waals surface area contributed by atoms with Crippen molar-refractivity contribution in [1.29, 1.82) is 0 Å². The van der Waals surface area contributed by atoms with Gasteiger partial charge in [0.05, 0.1) is 12.7 Å². The summed E-state index contributed by atoms with van der Waals surface area (Å²) >= 11 is 0. The van der Waals surface area contributed by atoms with E-state index in [1.165, 1.54) is 6.42 Å². The summed E-state index contributed by atoms with van der Waals surface area (Å²) in [5.41, 5.74) is 0. The van der Waals surface area contributed by atoms with Crippen LogP contribution in [0.5, 0.6) is 0 Å². The number of nitrogens with one attached hydrogen (secondary N) is 1. The maximum absolute atomic E-state index is 5.73. The van der Waals surface area contributed by atoms with Gasteiger partial charge in [-0.2, -0.15) is 0 Å². The predicted molar refractivity (Wildman–Crippen MR) is 48.3 cm³/mol. The number of hydrogen-bond donors (Lipinski definition) is 1. The maximum atomic E-state index is 5.73. The fraction of sp³-hybridized carbons (Fsp3) is 1.00. The maximum Gasteiger partial charge on any atom is 0.0755 e. The number of rotatable bonds is 1. The quantitative estimate of drug-likeness (QED) is 0.602. The first-order valence-electron chi connectivity index (χ1n) is 4.98. The monoisotopic (exact) mass is 170 g/mol. The lowest BCUT2D eigenvalue weighted by Gasteiger charge is -2.43. The molecule has 0 aliphatic carbocycles. The first-order valence-corrected chi connectivity index (χ1v) is 4.98. The lowest BCUT2D eigenvalue weighted by Crippen LogP contribution is -2.58. The summed E-state index contributed by atoms with van der Waals surface area (Å²) in [5, 5.41) is 3.43. The van der Waals surface area contributed by atoms with Crippen molar-refractivity contribution in [2.45, 2.75) is 25.5 Å². The van der Waals surface area contributed by atoms with Crippen molar-refractivity contribution < 1.29 is 4.74 Å². The lowest BCUT2D eigenvalue weighted by atomic mass is 10.0. The van der Waals surface area contributed by atoms with Crippen LogP contribution in [0.1, 0.15) is 13.3 Å². The molecule has 0 aromatic heterocycles. The van der Waals surface area contributed by atoms with Crippen LogP contribution in [-0.2, 0) is 4.74 Å². The van der Waals surface area contributed by atoms with E-state index in [1.807, 2.05) is 0 Å². The van der Waals surface area contributed by atoms with Crippen molar-refractivity contribution in [3.05, 3.63) is 0 Å². The topological polar surface area (TPSA) is 24.5 Å². The molecule has 2 saturated heterocycles. The van der Waals surface area contributed by atoms with Crippen molar-refractivity contribution >= 4 is 0 Å². The molecule has 0 aromatic carbocycles. The Morgan fingerprint density at radius 1 is 1.58 bits per heavy atom. The van der Waals surface area contributed by atoms with Gasteiger partial charge in [0.1, 0.15) is 0 Å². The van der Waals surface area contributed by atoms with Crippen molar-refractivity contribution in [3.63, 3.8) is 0 Å². The van der Waals surface area contributed by atoms with E-state index in [9.17, 15) is 0 Å². The van der Waals surface area contributed by atoms with E-state index in [1.54, 1.807) is 0 Å². The lowest BCUT2D eigenvalue weighted by molar-refractivity contribution is -0.0805. The Morgan fingerprint density at radius 2 is 2.50 bits per heavy atom. The highest BCUT2D eigenvalue weighted by Crippen LogP contribution is 2.18. The van der Waals surface area contributed by atoms with Gasteiger partial charge < -0.3 is 10.1 Å². The van der Waals surface area contributed by atoms with E-state index in [0.29, 0.717) is 12.1 Å². The molecular formula is C9H18N2O. The van der Waals surface area contributed by atoms with Crippen molar-refractivity contribution in [3.8, 4) is 0 Å². The van der Waals surface area contributed by atoms with Crippen molar-refractivity contribution in [2.24, 2.45) is 0 Å². The minimum absolute atomic E-state index is 0.500. The molecular weight excluding hydrogens is 152 g/mol. The van der Waals surface area contributed by atoms with Crippen LogP contribution in [0.4, 0.5) is 0 Å². The van der Waals surface area contributed by atoms with Gasteiger partial charge in [-0.1, -0.05) is 6.92 Å². The Balaban J connectivity index is 1.99. The third kappa shape index (κ3) is 1.49. The van der Waals surface area contributed by atoms with E-state index in [-0.39, 0.29) is 0 Å². The van der Waals surface area contributed by atoms with Gasteiger partial charge in [-0.3, -0.25) is 4.90 Å². The fourth-order valence-electron chi connectivity index (χ4n) is 2.26. The molecule has 1 N–H and O–H groups in total. The molecule has 70 valence electrons. The normalized spacial score (nSPS) is 37.8. The number of piperidine rings is 1. The van der Waals surface area contributed by atoms with Gasteiger partial charge >= 0.3 is 0 Å². The third-order valence-electron chi connectivity index (χ3n) is 2.97. The van der Waals surface area contributed by atoms with Gasteiger partial charge in [-0.25, -0.2) is 0 Å². The Labute approximate surface area is 74.1 Å². The highest BCUT2D eigenvalue weighted by Gasteiger charge is 2.32. The van der Waals surface area contributed by atoms with Crippen LogP contribution in [0.2, 0.25) is 0 Å². The van der Waals surface area contributed by atoms with Gasteiger partial charge in [0.2, 0.25) is 0 Å². The molecule has 0 amide bonds. The highest BCUT2D eigenvalue weighted by atomic mass is 16.5. The average molecular weight is 170 g/mol. The molecule has 2 unspecified atom stereocenters. The summed E-state index contributed by atoms with van der Waals surface area (Å²) in [6.45, 7) is 7.66. The number of ether oxygens (including phenoxy) is 1. The molecule has 0 aromatic rings.